The summed E-state index contributed by atoms with van der Waals surface area (Å²) in [5.41, 5.74) is 1.78. The van der Waals surface area contributed by atoms with Crippen LogP contribution in [0.5, 0.6) is 0 Å². The second-order valence-electron chi connectivity index (χ2n) is 5.03. The lowest BCUT2D eigenvalue weighted by molar-refractivity contribution is 0.531. The fourth-order valence-corrected chi connectivity index (χ4v) is 2.70. The minimum absolute atomic E-state index is 0.0259. The third-order valence-corrected chi connectivity index (χ3v) is 3.84. The predicted molar refractivity (Wildman–Crippen MR) is 81.3 cm³/mol. The molecule has 0 radical (unpaired) electrons. The summed E-state index contributed by atoms with van der Waals surface area (Å²) in [6, 6.07) is 5.84. The van der Waals surface area contributed by atoms with Gasteiger partial charge in [-0.25, -0.2) is 4.39 Å². The lowest BCUT2D eigenvalue weighted by Gasteiger charge is -2.32. The quantitative estimate of drug-likeness (QED) is 0.798. The van der Waals surface area contributed by atoms with Gasteiger partial charge in [0.25, 0.3) is 0 Å². The Hall–Kier alpha value is -1.09. The summed E-state index contributed by atoms with van der Waals surface area (Å²) in [4.78, 5) is 2.21. The average molecular weight is 266 g/mol. The number of hydrogen-bond acceptors (Lipinski definition) is 2. The van der Waals surface area contributed by atoms with Crippen molar-refractivity contribution in [2.45, 2.75) is 52.6 Å². The molecule has 0 saturated carbocycles. The Morgan fingerprint density at radius 1 is 1.21 bits per heavy atom. The van der Waals surface area contributed by atoms with Crippen molar-refractivity contribution in [3.8, 4) is 0 Å². The fraction of sp³-hybridized carbons (Fsp3) is 0.625. The molecule has 19 heavy (non-hydrogen) atoms. The van der Waals surface area contributed by atoms with Gasteiger partial charge in [-0.1, -0.05) is 26.8 Å². The van der Waals surface area contributed by atoms with Crippen LogP contribution in [0.25, 0.3) is 0 Å². The normalized spacial score (nSPS) is 12.8. The molecule has 1 aromatic rings. The summed E-state index contributed by atoms with van der Waals surface area (Å²) in [7, 11) is 2.06. The molecule has 0 saturated heterocycles. The number of halogens is 1. The highest BCUT2D eigenvalue weighted by atomic mass is 19.1. The third kappa shape index (κ3) is 3.69. The van der Waals surface area contributed by atoms with Crippen LogP contribution in [0.3, 0.4) is 0 Å². The summed E-state index contributed by atoms with van der Waals surface area (Å²) in [5, 5.41) is 3.31. The van der Waals surface area contributed by atoms with Crippen molar-refractivity contribution < 1.29 is 4.39 Å². The zero-order valence-corrected chi connectivity index (χ0v) is 12.8. The third-order valence-electron chi connectivity index (χ3n) is 3.84. The number of nitrogens with one attached hydrogen (secondary N) is 1. The molecule has 3 heteroatoms. The van der Waals surface area contributed by atoms with Gasteiger partial charge in [0, 0.05) is 30.4 Å². The summed E-state index contributed by atoms with van der Waals surface area (Å²) >= 11 is 0. The monoisotopic (exact) mass is 266 g/mol. The second-order valence-corrected chi connectivity index (χ2v) is 5.03. The molecule has 1 atom stereocenters. The van der Waals surface area contributed by atoms with Crippen molar-refractivity contribution in [2.75, 3.05) is 18.5 Å². The molecule has 0 spiro atoms. The van der Waals surface area contributed by atoms with Crippen LogP contribution in [0, 0.1) is 5.82 Å². The molecular weight excluding hydrogens is 239 g/mol. The first kappa shape index (κ1) is 16.0. The molecule has 0 bridgehead atoms. The number of hydrogen-bond donors (Lipinski definition) is 1. The maximum absolute atomic E-state index is 14.2. The van der Waals surface area contributed by atoms with Crippen molar-refractivity contribution in [3.05, 3.63) is 29.6 Å². The van der Waals surface area contributed by atoms with E-state index < -0.39 is 0 Å². The fourth-order valence-electron chi connectivity index (χ4n) is 2.70. The van der Waals surface area contributed by atoms with E-state index in [9.17, 15) is 4.39 Å². The maximum Gasteiger partial charge on any atom is 0.130 e. The molecule has 2 nitrogen and oxygen atoms in total. The predicted octanol–water partition coefficient (Wildman–Crippen LogP) is 4.12. The molecule has 0 aliphatic heterocycles. The largest absolute Gasteiger partial charge is 0.371 e. The van der Waals surface area contributed by atoms with Crippen LogP contribution in [0.1, 0.15) is 52.1 Å². The molecule has 0 amide bonds. The van der Waals surface area contributed by atoms with Crippen molar-refractivity contribution >= 4 is 5.69 Å². The van der Waals surface area contributed by atoms with Crippen LogP contribution in [-0.2, 0) is 0 Å². The first-order valence-corrected chi connectivity index (χ1v) is 7.31. The zero-order valence-electron chi connectivity index (χ0n) is 12.8. The van der Waals surface area contributed by atoms with E-state index >= 15 is 0 Å². The van der Waals surface area contributed by atoms with Crippen molar-refractivity contribution in [1.82, 2.24) is 5.32 Å². The molecule has 0 aliphatic rings. The van der Waals surface area contributed by atoms with E-state index in [0.717, 1.165) is 30.6 Å². The Morgan fingerprint density at radius 3 is 2.37 bits per heavy atom. The minimum Gasteiger partial charge on any atom is -0.371 e. The molecule has 0 aliphatic carbocycles. The summed E-state index contributed by atoms with van der Waals surface area (Å²) < 4.78 is 14.2. The molecule has 1 N–H and O–H groups in total. The topological polar surface area (TPSA) is 15.3 Å². The van der Waals surface area contributed by atoms with Gasteiger partial charge in [0.05, 0.1) is 0 Å². The Balaban J connectivity index is 3.16. The number of anilines is 1. The second kappa shape index (κ2) is 7.49. The summed E-state index contributed by atoms with van der Waals surface area (Å²) in [6.45, 7) is 9.26. The zero-order chi connectivity index (χ0) is 14.4. The van der Waals surface area contributed by atoms with Crippen LogP contribution in [0.4, 0.5) is 10.1 Å². The highest BCUT2D eigenvalue weighted by molar-refractivity contribution is 5.55. The van der Waals surface area contributed by atoms with Crippen molar-refractivity contribution in [3.63, 3.8) is 0 Å². The lowest BCUT2D eigenvalue weighted by Crippen LogP contribution is -2.32. The Bertz CT molecular complexity index is 388. The Labute approximate surface area is 117 Å². The van der Waals surface area contributed by atoms with E-state index in [4.69, 9.17) is 0 Å². The maximum atomic E-state index is 14.2. The van der Waals surface area contributed by atoms with Gasteiger partial charge in [0.1, 0.15) is 5.82 Å². The summed E-state index contributed by atoms with van der Waals surface area (Å²) in [5.74, 6) is -0.122. The van der Waals surface area contributed by atoms with Gasteiger partial charge in [-0.15, -0.1) is 0 Å². The van der Waals surface area contributed by atoms with Gasteiger partial charge in [-0.05, 0) is 38.4 Å². The van der Waals surface area contributed by atoms with E-state index in [1.165, 1.54) is 0 Å². The Morgan fingerprint density at radius 2 is 1.84 bits per heavy atom. The average Bonchev–Trinajstić information content (AvgIpc) is 2.39. The highest BCUT2D eigenvalue weighted by Gasteiger charge is 2.20. The molecule has 0 fully saturated rings. The van der Waals surface area contributed by atoms with Gasteiger partial charge >= 0.3 is 0 Å². The first-order valence-electron chi connectivity index (χ1n) is 7.31. The Kier molecular flexibility index (Phi) is 6.29. The van der Waals surface area contributed by atoms with Gasteiger partial charge in [-0.3, -0.25) is 0 Å². The number of rotatable bonds is 7. The van der Waals surface area contributed by atoms with Gasteiger partial charge in [-0.2, -0.15) is 0 Å². The van der Waals surface area contributed by atoms with Crippen LogP contribution < -0.4 is 10.2 Å². The van der Waals surface area contributed by atoms with E-state index in [1.807, 2.05) is 19.9 Å². The first-order chi connectivity index (χ1) is 9.06. The summed E-state index contributed by atoms with van der Waals surface area (Å²) in [6.07, 6.45) is 2.14. The highest BCUT2D eigenvalue weighted by Crippen LogP contribution is 2.30. The minimum atomic E-state index is -0.122. The smallest absolute Gasteiger partial charge is 0.130 e. The molecule has 0 aromatic heterocycles. The van der Waals surface area contributed by atoms with Crippen LogP contribution >= 0.6 is 0 Å². The van der Waals surface area contributed by atoms with E-state index in [1.54, 1.807) is 12.1 Å². The lowest BCUT2D eigenvalue weighted by atomic mass is 10.0. The van der Waals surface area contributed by atoms with Gasteiger partial charge in [0.15, 0.2) is 0 Å². The molecular formula is C16H27FN2. The molecule has 0 heterocycles. The van der Waals surface area contributed by atoms with E-state index in [2.05, 4.69) is 31.1 Å². The molecule has 108 valence electrons. The number of nitrogens with zero attached hydrogens (tertiary/aromatic N) is 1. The van der Waals surface area contributed by atoms with Gasteiger partial charge in [0.2, 0.25) is 0 Å². The van der Waals surface area contributed by atoms with Crippen molar-refractivity contribution in [2.24, 2.45) is 0 Å². The standard InChI is InChI=1S/C16H27FN2/c1-6-13(7-2)19(5)15-11-9-10-14(17)16(15)12(4)18-8-3/h9-13,18H,6-8H2,1-5H3. The van der Waals surface area contributed by atoms with Gasteiger partial charge < -0.3 is 10.2 Å². The van der Waals surface area contributed by atoms with Crippen LogP contribution in [0.15, 0.2) is 18.2 Å². The SMILES string of the molecule is CCNC(C)c1c(F)cccc1N(C)C(CC)CC. The molecule has 1 unspecified atom stereocenters. The van der Waals surface area contributed by atoms with Crippen molar-refractivity contribution in [1.29, 1.82) is 0 Å². The van der Waals surface area contributed by atoms with Crippen LogP contribution in [-0.4, -0.2) is 19.6 Å². The number of benzene rings is 1. The van der Waals surface area contributed by atoms with E-state index in [0.29, 0.717) is 6.04 Å². The molecule has 1 aromatic carbocycles. The van der Waals surface area contributed by atoms with Crippen LogP contribution in [0.2, 0.25) is 0 Å². The molecule has 1 rings (SSSR count). The van der Waals surface area contributed by atoms with E-state index in [-0.39, 0.29) is 11.9 Å².